The van der Waals surface area contributed by atoms with Crippen LogP contribution >= 0.6 is 0 Å². The molecule has 0 radical (unpaired) electrons. The monoisotopic (exact) mass is 399 g/mol. The zero-order chi connectivity index (χ0) is 20.3. The molecule has 4 rings (SSSR count). The summed E-state index contributed by atoms with van der Waals surface area (Å²) in [6.07, 6.45) is 5.33. The molecule has 2 unspecified atom stereocenters. The van der Waals surface area contributed by atoms with Crippen LogP contribution in [0, 0.1) is 11.3 Å². The van der Waals surface area contributed by atoms with E-state index in [9.17, 15) is 4.79 Å². The molecule has 1 saturated carbocycles. The van der Waals surface area contributed by atoms with Gasteiger partial charge in [0.05, 0.1) is 6.61 Å². The molecule has 2 heterocycles. The van der Waals surface area contributed by atoms with Crippen molar-refractivity contribution < 1.29 is 9.53 Å². The van der Waals surface area contributed by atoms with Gasteiger partial charge in [-0.3, -0.25) is 4.79 Å². The summed E-state index contributed by atoms with van der Waals surface area (Å²) in [5, 5.41) is 3.82. The van der Waals surface area contributed by atoms with E-state index in [0.29, 0.717) is 17.9 Å². The molecule has 0 spiro atoms. The van der Waals surface area contributed by atoms with Crippen molar-refractivity contribution in [2.24, 2.45) is 11.3 Å². The normalized spacial score (nSPS) is 27.7. The molecule has 160 valence electrons. The molecule has 3 aliphatic rings. The number of piperidine rings is 2. The minimum atomic E-state index is 0.155. The molecule has 29 heavy (non-hydrogen) atoms. The van der Waals surface area contributed by atoms with Gasteiger partial charge in [-0.15, -0.1) is 0 Å². The molecule has 1 N–H and O–H groups in total. The van der Waals surface area contributed by atoms with Gasteiger partial charge in [0.15, 0.2) is 0 Å². The minimum Gasteiger partial charge on any atom is -0.384 e. The average molecular weight is 400 g/mol. The molecule has 1 aromatic carbocycles. The lowest BCUT2D eigenvalue weighted by atomic mass is 9.78. The van der Waals surface area contributed by atoms with E-state index in [1.807, 2.05) is 7.11 Å². The maximum Gasteiger partial charge on any atom is 0.225 e. The number of ether oxygens (including phenoxy) is 1. The van der Waals surface area contributed by atoms with E-state index in [4.69, 9.17) is 4.74 Å². The Hall–Kier alpha value is -1.43. The van der Waals surface area contributed by atoms with Crippen LogP contribution in [0.3, 0.4) is 0 Å². The van der Waals surface area contributed by atoms with Crippen LogP contribution in [0.5, 0.6) is 0 Å². The highest BCUT2D eigenvalue weighted by atomic mass is 16.5. The number of hydrogen-bond donors (Lipinski definition) is 1. The summed E-state index contributed by atoms with van der Waals surface area (Å²) < 4.78 is 5.62. The summed E-state index contributed by atoms with van der Waals surface area (Å²) >= 11 is 0. The highest BCUT2D eigenvalue weighted by Crippen LogP contribution is 2.42. The van der Waals surface area contributed by atoms with E-state index in [-0.39, 0.29) is 11.3 Å². The van der Waals surface area contributed by atoms with Crippen molar-refractivity contribution >= 4 is 5.91 Å². The van der Waals surface area contributed by atoms with E-state index in [2.05, 4.69) is 52.5 Å². The molecule has 0 aromatic heterocycles. The van der Waals surface area contributed by atoms with E-state index >= 15 is 0 Å². The molecule has 2 atom stereocenters. The molecular formula is C24H37N3O2. The van der Waals surface area contributed by atoms with Gasteiger partial charge in [0.25, 0.3) is 0 Å². The lowest BCUT2D eigenvalue weighted by Crippen LogP contribution is -2.51. The van der Waals surface area contributed by atoms with Crippen molar-refractivity contribution in [1.29, 1.82) is 0 Å². The van der Waals surface area contributed by atoms with Crippen LogP contribution in [0.4, 0.5) is 0 Å². The van der Waals surface area contributed by atoms with Gasteiger partial charge in [0, 0.05) is 50.0 Å². The Balaban J connectivity index is 1.27. The predicted octanol–water partition coefficient (Wildman–Crippen LogP) is 2.73. The number of rotatable bonds is 7. The summed E-state index contributed by atoms with van der Waals surface area (Å²) in [6.45, 7) is 5.62. The Morgan fingerprint density at radius 3 is 2.48 bits per heavy atom. The SMILES string of the molecule is COCC1(CNC2CC2c2ccccc2)CCN(C(=O)C2CCN(C)CC2)CC1. The van der Waals surface area contributed by atoms with Gasteiger partial charge in [-0.1, -0.05) is 30.3 Å². The number of likely N-dealkylation sites (tertiary alicyclic amines) is 2. The van der Waals surface area contributed by atoms with Crippen molar-refractivity contribution in [1.82, 2.24) is 15.1 Å². The first kappa shape index (κ1) is 20.8. The molecule has 1 amide bonds. The number of nitrogens with one attached hydrogen (secondary N) is 1. The van der Waals surface area contributed by atoms with Crippen molar-refractivity contribution in [3.63, 3.8) is 0 Å². The third-order valence-electron chi connectivity index (χ3n) is 7.41. The Morgan fingerprint density at radius 2 is 1.83 bits per heavy atom. The summed E-state index contributed by atoms with van der Waals surface area (Å²) in [5.41, 5.74) is 1.60. The Labute approximate surface area is 175 Å². The third-order valence-corrected chi connectivity index (χ3v) is 7.41. The summed E-state index contributed by atoms with van der Waals surface area (Å²) in [6, 6.07) is 11.4. The summed E-state index contributed by atoms with van der Waals surface area (Å²) in [4.78, 5) is 17.4. The highest BCUT2D eigenvalue weighted by Gasteiger charge is 2.42. The quantitative estimate of drug-likeness (QED) is 0.766. The Bertz CT molecular complexity index is 664. The fourth-order valence-electron chi connectivity index (χ4n) is 5.23. The minimum absolute atomic E-state index is 0.155. The van der Waals surface area contributed by atoms with Crippen LogP contribution in [-0.4, -0.2) is 75.2 Å². The fraction of sp³-hybridized carbons (Fsp3) is 0.708. The number of hydrogen-bond acceptors (Lipinski definition) is 4. The molecule has 3 fully saturated rings. The van der Waals surface area contributed by atoms with Gasteiger partial charge >= 0.3 is 0 Å². The van der Waals surface area contributed by atoms with Crippen LogP contribution in [0.15, 0.2) is 30.3 Å². The Morgan fingerprint density at radius 1 is 1.14 bits per heavy atom. The average Bonchev–Trinajstić information content (AvgIpc) is 3.54. The molecular weight excluding hydrogens is 362 g/mol. The first-order valence-corrected chi connectivity index (χ1v) is 11.3. The molecule has 1 aromatic rings. The van der Waals surface area contributed by atoms with Gasteiger partial charge in [0.2, 0.25) is 5.91 Å². The van der Waals surface area contributed by atoms with Crippen LogP contribution in [0.1, 0.15) is 43.6 Å². The lowest BCUT2D eigenvalue weighted by molar-refractivity contribution is -0.140. The second-order valence-electron chi connectivity index (χ2n) is 9.58. The van der Waals surface area contributed by atoms with Gasteiger partial charge in [-0.05, 0) is 57.8 Å². The Kier molecular flexibility index (Phi) is 6.57. The zero-order valence-electron chi connectivity index (χ0n) is 18.1. The standard InChI is InChI=1S/C24H37N3O2/c1-26-12-8-20(9-13-26)23(28)27-14-10-24(11-15-27,18-29-2)17-25-22-16-21(22)19-6-4-3-5-7-19/h3-7,20-22,25H,8-18H2,1-2H3. The molecule has 1 aliphatic carbocycles. The molecule has 2 aliphatic heterocycles. The largest absolute Gasteiger partial charge is 0.384 e. The predicted molar refractivity (Wildman–Crippen MR) is 116 cm³/mol. The molecule has 5 nitrogen and oxygen atoms in total. The van der Waals surface area contributed by atoms with E-state index in [0.717, 1.165) is 65.0 Å². The van der Waals surface area contributed by atoms with Crippen LogP contribution in [-0.2, 0) is 9.53 Å². The topological polar surface area (TPSA) is 44.8 Å². The van der Waals surface area contributed by atoms with Crippen LogP contribution < -0.4 is 5.32 Å². The number of carbonyl (C=O) groups excluding carboxylic acids is 1. The number of methoxy groups -OCH3 is 1. The first-order chi connectivity index (χ1) is 14.1. The van der Waals surface area contributed by atoms with Gasteiger partial charge in [-0.25, -0.2) is 0 Å². The first-order valence-electron chi connectivity index (χ1n) is 11.3. The van der Waals surface area contributed by atoms with Crippen molar-refractivity contribution in [3.05, 3.63) is 35.9 Å². The highest BCUT2D eigenvalue weighted by molar-refractivity contribution is 5.79. The second kappa shape index (κ2) is 9.15. The smallest absolute Gasteiger partial charge is 0.225 e. The van der Waals surface area contributed by atoms with Crippen LogP contribution in [0.2, 0.25) is 0 Å². The van der Waals surface area contributed by atoms with Gasteiger partial charge in [0.1, 0.15) is 0 Å². The van der Waals surface area contributed by atoms with E-state index in [1.165, 1.54) is 12.0 Å². The summed E-state index contributed by atoms with van der Waals surface area (Å²) in [5.74, 6) is 1.28. The summed E-state index contributed by atoms with van der Waals surface area (Å²) in [7, 11) is 3.96. The zero-order valence-corrected chi connectivity index (χ0v) is 18.1. The van der Waals surface area contributed by atoms with E-state index < -0.39 is 0 Å². The second-order valence-corrected chi connectivity index (χ2v) is 9.58. The van der Waals surface area contributed by atoms with E-state index in [1.54, 1.807) is 0 Å². The number of nitrogens with zero attached hydrogens (tertiary/aromatic N) is 2. The maximum atomic E-state index is 13.0. The maximum absolute atomic E-state index is 13.0. The van der Waals surface area contributed by atoms with Crippen LogP contribution in [0.25, 0.3) is 0 Å². The lowest BCUT2D eigenvalue weighted by Gasteiger charge is -2.43. The molecule has 2 saturated heterocycles. The molecule has 0 bridgehead atoms. The van der Waals surface area contributed by atoms with Crippen molar-refractivity contribution in [3.8, 4) is 0 Å². The number of carbonyl (C=O) groups is 1. The van der Waals surface area contributed by atoms with Crippen molar-refractivity contribution in [2.75, 3.05) is 53.5 Å². The number of amides is 1. The number of benzene rings is 1. The fourth-order valence-corrected chi connectivity index (χ4v) is 5.23. The third kappa shape index (κ3) is 5.01. The van der Waals surface area contributed by atoms with Crippen molar-refractivity contribution in [2.45, 2.75) is 44.1 Å². The van der Waals surface area contributed by atoms with Gasteiger partial charge < -0.3 is 19.9 Å². The molecule has 5 heteroatoms. The van der Waals surface area contributed by atoms with Gasteiger partial charge in [-0.2, -0.15) is 0 Å².